The lowest BCUT2D eigenvalue weighted by molar-refractivity contribution is 0.591. The zero-order valence-corrected chi connectivity index (χ0v) is 28.1. The summed E-state index contributed by atoms with van der Waals surface area (Å²) in [6, 6.07) is 61.9. The summed E-state index contributed by atoms with van der Waals surface area (Å²) in [5.74, 6) is 0. The zero-order valence-electron chi connectivity index (χ0n) is 28.1. The summed E-state index contributed by atoms with van der Waals surface area (Å²) in [6.45, 7) is 6.91. The molecule has 0 nitrogen and oxygen atoms in total. The lowest BCUT2D eigenvalue weighted by Gasteiger charge is -2.35. The first-order valence-corrected chi connectivity index (χ1v) is 17.4. The van der Waals surface area contributed by atoms with Crippen LogP contribution >= 0.6 is 0 Å². The molecule has 0 unspecified atom stereocenters. The Bertz CT molecular complexity index is 2620. The van der Waals surface area contributed by atoms with Crippen LogP contribution in [-0.2, 0) is 10.8 Å². The van der Waals surface area contributed by atoms with Crippen molar-refractivity contribution >= 4 is 43.1 Å². The molecule has 0 heterocycles. The molecule has 0 saturated heterocycles. The Hall–Kier alpha value is -5.72. The summed E-state index contributed by atoms with van der Waals surface area (Å²) < 4.78 is 0. The number of hydrogen-bond donors (Lipinski definition) is 0. The largest absolute Gasteiger partial charge is 0.0719 e. The minimum absolute atomic E-state index is 0.0963. The summed E-state index contributed by atoms with van der Waals surface area (Å²) in [4.78, 5) is 0. The van der Waals surface area contributed by atoms with E-state index in [1.54, 1.807) is 0 Å². The van der Waals surface area contributed by atoms with Gasteiger partial charge >= 0.3 is 0 Å². The quantitative estimate of drug-likeness (QED) is 0.172. The van der Waals surface area contributed by atoms with Crippen LogP contribution in [0.4, 0.5) is 0 Å². The first kappa shape index (κ1) is 28.3. The van der Waals surface area contributed by atoms with Crippen LogP contribution in [0.5, 0.6) is 0 Å². The van der Waals surface area contributed by atoms with Crippen molar-refractivity contribution in [3.05, 3.63) is 192 Å². The standard InChI is InChI=1S/C49H36/c1-48(2,3)39-28-34-24-22-32-26-36(27-33-23-25-35(29-39)45(34)44(32)33)42-30-31-14-10-11-19-40(31)47-46(42)41-20-12-13-21-43(41)49(47,37-15-6-4-7-16-37)38-17-8-5-9-18-38/h4-30H,1-3H3. The minimum Gasteiger partial charge on any atom is -0.0622 e. The van der Waals surface area contributed by atoms with Crippen molar-refractivity contribution in [3.63, 3.8) is 0 Å². The van der Waals surface area contributed by atoms with E-state index >= 15 is 0 Å². The van der Waals surface area contributed by atoms with Crippen LogP contribution in [0.2, 0.25) is 0 Å². The number of fused-ring (bicyclic) bond motifs is 5. The summed E-state index contributed by atoms with van der Waals surface area (Å²) in [6.07, 6.45) is 0. The fourth-order valence-electron chi connectivity index (χ4n) is 8.98. The van der Waals surface area contributed by atoms with E-state index in [4.69, 9.17) is 0 Å². The highest BCUT2D eigenvalue weighted by atomic mass is 14.5. The van der Waals surface area contributed by atoms with Crippen molar-refractivity contribution in [1.29, 1.82) is 0 Å². The smallest absolute Gasteiger partial charge is 0.0622 e. The number of hydrogen-bond acceptors (Lipinski definition) is 0. The van der Waals surface area contributed by atoms with E-state index in [1.807, 2.05) is 0 Å². The van der Waals surface area contributed by atoms with Gasteiger partial charge in [0.05, 0.1) is 5.41 Å². The highest BCUT2D eigenvalue weighted by Crippen LogP contribution is 2.60. The van der Waals surface area contributed by atoms with Crippen molar-refractivity contribution in [1.82, 2.24) is 0 Å². The molecule has 0 atom stereocenters. The Morgan fingerprint density at radius 1 is 0.429 bits per heavy atom. The van der Waals surface area contributed by atoms with Gasteiger partial charge in [-0.25, -0.2) is 0 Å². The van der Waals surface area contributed by atoms with Crippen molar-refractivity contribution in [2.24, 2.45) is 0 Å². The normalized spacial score (nSPS) is 13.8. The van der Waals surface area contributed by atoms with Crippen LogP contribution in [0.25, 0.3) is 65.3 Å². The molecule has 0 aromatic heterocycles. The second-order valence-electron chi connectivity index (χ2n) is 14.9. The zero-order chi connectivity index (χ0) is 32.9. The molecule has 0 amide bonds. The number of rotatable bonds is 3. The van der Waals surface area contributed by atoms with Crippen LogP contribution in [0.1, 0.15) is 48.6 Å². The Morgan fingerprint density at radius 3 is 1.53 bits per heavy atom. The van der Waals surface area contributed by atoms with Crippen molar-refractivity contribution < 1.29 is 0 Å². The van der Waals surface area contributed by atoms with Crippen LogP contribution in [0.15, 0.2) is 164 Å². The molecule has 10 rings (SSSR count). The summed E-state index contributed by atoms with van der Waals surface area (Å²) in [5.41, 5.74) is 11.5. The van der Waals surface area contributed by atoms with Gasteiger partial charge in [0.15, 0.2) is 0 Å². The Morgan fingerprint density at radius 2 is 0.939 bits per heavy atom. The average molecular weight is 625 g/mol. The van der Waals surface area contributed by atoms with Gasteiger partial charge in [0.25, 0.3) is 0 Å². The lowest BCUT2D eigenvalue weighted by Crippen LogP contribution is -2.28. The summed E-state index contributed by atoms with van der Waals surface area (Å²) in [5, 5.41) is 10.5. The number of benzene rings is 9. The fourth-order valence-corrected chi connectivity index (χ4v) is 8.98. The highest BCUT2D eigenvalue weighted by molar-refractivity contribution is 6.24. The van der Waals surface area contributed by atoms with Gasteiger partial charge in [-0.3, -0.25) is 0 Å². The lowest BCUT2D eigenvalue weighted by atomic mass is 9.66. The van der Waals surface area contributed by atoms with E-state index in [0.29, 0.717) is 0 Å². The predicted octanol–water partition coefficient (Wildman–Crippen LogP) is 13.1. The van der Waals surface area contributed by atoms with Gasteiger partial charge in [-0.1, -0.05) is 166 Å². The molecular weight excluding hydrogens is 589 g/mol. The van der Waals surface area contributed by atoms with Crippen LogP contribution < -0.4 is 0 Å². The van der Waals surface area contributed by atoms with Crippen LogP contribution in [-0.4, -0.2) is 0 Å². The molecule has 0 heteroatoms. The molecular formula is C49H36. The first-order chi connectivity index (χ1) is 23.9. The van der Waals surface area contributed by atoms with E-state index in [9.17, 15) is 0 Å². The van der Waals surface area contributed by atoms with Crippen LogP contribution in [0, 0.1) is 0 Å². The molecule has 0 fully saturated rings. The van der Waals surface area contributed by atoms with E-state index in [2.05, 4.69) is 185 Å². The summed E-state index contributed by atoms with van der Waals surface area (Å²) >= 11 is 0. The summed E-state index contributed by atoms with van der Waals surface area (Å²) in [7, 11) is 0. The highest BCUT2D eigenvalue weighted by Gasteiger charge is 2.48. The average Bonchev–Trinajstić information content (AvgIpc) is 3.46. The monoisotopic (exact) mass is 624 g/mol. The molecule has 1 aliphatic carbocycles. The van der Waals surface area contributed by atoms with Crippen molar-refractivity contribution in [2.75, 3.05) is 0 Å². The third-order valence-corrected chi connectivity index (χ3v) is 11.1. The first-order valence-electron chi connectivity index (χ1n) is 17.4. The van der Waals surface area contributed by atoms with E-state index in [0.717, 1.165) is 0 Å². The maximum absolute atomic E-state index is 2.44. The Kier molecular flexibility index (Phi) is 5.86. The molecule has 49 heavy (non-hydrogen) atoms. The molecule has 0 bridgehead atoms. The van der Waals surface area contributed by atoms with E-state index < -0.39 is 5.41 Å². The molecule has 1 aliphatic rings. The van der Waals surface area contributed by atoms with Gasteiger partial charge in [0.1, 0.15) is 0 Å². The van der Waals surface area contributed by atoms with Gasteiger partial charge in [-0.05, 0) is 117 Å². The molecule has 0 radical (unpaired) electrons. The second-order valence-corrected chi connectivity index (χ2v) is 14.9. The molecule has 9 aromatic rings. The Balaban J connectivity index is 1.33. The maximum Gasteiger partial charge on any atom is 0.0719 e. The van der Waals surface area contributed by atoms with Crippen molar-refractivity contribution in [3.8, 4) is 22.3 Å². The molecule has 9 aromatic carbocycles. The topological polar surface area (TPSA) is 0 Å². The van der Waals surface area contributed by atoms with Gasteiger partial charge in [-0.15, -0.1) is 0 Å². The minimum atomic E-state index is -0.467. The predicted molar refractivity (Wildman–Crippen MR) is 209 cm³/mol. The van der Waals surface area contributed by atoms with E-state index in [1.165, 1.54) is 93.2 Å². The molecule has 0 saturated carbocycles. The van der Waals surface area contributed by atoms with Gasteiger partial charge in [0, 0.05) is 0 Å². The maximum atomic E-state index is 2.44. The second kappa shape index (κ2) is 10.1. The van der Waals surface area contributed by atoms with Crippen molar-refractivity contribution in [2.45, 2.75) is 31.6 Å². The third kappa shape index (κ3) is 3.92. The SMILES string of the molecule is CC(C)(C)c1cc2ccc3cc(-c4cc5ccccc5c5c4-c4ccccc4C5(c4ccccc4)c4ccccc4)cc4ccc(c1)c2c34. The molecule has 0 N–H and O–H groups in total. The Labute approximate surface area is 287 Å². The molecule has 232 valence electrons. The van der Waals surface area contributed by atoms with Gasteiger partial charge < -0.3 is 0 Å². The fraction of sp³-hybridized carbons (Fsp3) is 0.102. The van der Waals surface area contributed by atoms with E-state index in [-0.39, 0.29) is 5.41 Å². The molecule has 0 spiro atoms. The molecule has 0 aliphatic heterocycles. The third-order valence-electron chi connectivity index (χ3n) is 11.1. The van der Waals surface area contributed by atoms with Gasteiger partial charge in [-0.2, -0.15) is 0 Å². The van der Waals surface area contributed by atoms with Gasteiger partial charge in [0.2, 0.25) is 0 Å². The van der Waals surface area contributed by atoms with Crippen LogP contribution in [0.3, 0.4) is 0 Å².